The molecule has 146 valence electrons. The summed E-state index contributed by atoms with van der Waals surface area (Å²) in [5, 5.41) is 3.09. The lowest BCUT2D eigenvalue weighted by atomic mass is 10.3. The summed E-state index contributed by atoms with van der Waals surface area (Å²) in [6.45, 7) is 0.583. The van der Waals surface area contributed by atoms with Gasteiger partial charge in [0.2, 0.25) is 15.9 Å². The number of carbonyl (C=O) groups excluding carboxylic acids is 1. The van der Waals surface area contributed by atoms with Crippen molar-refractivity contribution in [1.82, 2.24) is 4.31 Å². The Balaban J connectivity index is 1.93. The van der Waals surface area contributed by atoms with Crippen molar-refractivity contribution in [1.29, 1.82) is 0 Å². The summed E-state index contributed by atoms with van der Waals surface area (Å²) in [7, 11) is -0.848. The van der Waals surface area contributed by atoms with E-state index in [9.17, 15) is 13.2 Å². The van der Waals surface area contributed by atoms with Gasteiger partial charge in [-0.15, -0.1) is 0 Å². The van der Waals surface area contributed by atoms with E-state index in [1.54, 1.807) is 31.4 Å². The zero-order valence-electron chi connectivity index (χ0n) is 15.0. The van der Waals surface area contributed by atoms with Crippen LogP contribution in [0.25, 0.3) is 0 Å². The maximum atomic E-state index is 12.5. The number of likely N-dealkylation sites (N-methyl/N-ethyl adjacent to an activating group) is 1. The fourth-order valence-electron chi connectivity index (χ4n) is 2.15. The number of hydrogen-bond acceptors (Lipinski definition) is 5. The van der Waals surface area contributed by atoms with E-state index in [2.05, 4.69) is 5.32 Å². The highest BCUT2D eigenvalue weighted by molar-refractivity contribution is 7.89. The number of amides is 1. The first kappa shape index (κ1) is 21.2. The van der Waals surface area contributed by atoms with Crippen molar-refractivity contribution in [3.05, 3.63) is 53.6 Å². The van der Waals surface area contributed by atoms with Gasteiger partial charge in [0.25, 0.3) is 0 Å². The molecule has 0 aromatic heterocycles. The summed E-state index contributed by atoms with van der Waals surface area (Å²) in [6, 6.07) is 12.5. The number of rotatable bonds is 9. The standard InChI is InChI=1S/C18H21ClN2O5S/c1-21(27(23,24)17-9-3-14(19)4-10-17)13-18(22)20-15-5-7-16(8-6-15)26-12-11-25-2/h3-10H,11-13H2,1-2H3,(H,20,22). The first-order valence-electron chi connectivity index (χ1n) is 8.06. The normalized spacial score (nSPS) is 11.4. The molecule has 2 rings (SSSR count). The first-order chi connectivity index (χ1) is 12.8. The fraction of sp³-hybridized carbons (Fsp3) is 0.278. The van der Waals surface area contributed by atoms with Gasteiger partial charge >= 0.3 is 0 Å². The molecule has 0 aliphatic carbocycles. The van der Waals surface area contributed by atoms with Crippen molar-refractivity contribution in [3.63, 3.8) is 0 Å². The highest BCUT2D eigenvalue weighted by Crippen LogP contribution is 2.18. The number of hydrogen-bond donors (Lipinski definition) is 1. The third-order valence-electron chi connectivity index (χ3n) is 3.58. The highest BCUT2D eigenvalue weighted by atomic mass is 35.5. The van der Waals surface area contributed by atoms with Crippen LogP contribution in [0.3, 0.4) is 0 Å². The van der Waals surface area contributed by atoms with Crippen LogP contribution < -0.4 is 10.1 Å². The van der Waals surface area contributed by atoms with E-state index in [4.69, 9.17) is 21.1 Å². The van der Waals surface area contributed by atoms with Gasteiger partial charge in [0.05, 0.1) is 18.0 Å². The van der Waals surface area contributed by atoms with Gasteiger partial charge in [-0.3, -0.25) is 4.79 Å². The van der Waals surface area contributed by atoms with Crippen LogP contribution in [-0.4, -0.2) is 52.5 Å². The van der Waals surface area contributed by atoms with Gasteiger partial charge in [-0.25, -0.2) is 8.42 Å². The first-order valence-corrected chi connectivity index (χ1v) is 9.88. The van der Waals surface area contributed by atoms with Gasteiger partial charge in [0, 0.05) is 24.9 Å². The Bertz CT molecular complexity index is 854. The molecule has 0 bridgehead atoms. The van der Waals surface area contributed by atoms with Gasteiger partial charge in [-0.05, 0) is 48.5 Å². The zero-order valence-corrected chi connectivity index (χ0v) is 16.6. The van der Waals surface area contributed by atoms with E-state index in [1.165, 1.54) is 31.3 Å². The number of carbonyl (C=O) groups is 1. The SMILES string of the molecule is COCCOc1ccc(NC(=O)CN(C)S(=O)(=O)c2ccc(Cl)cc2)cc1. The van der Waals surface area contributed by atoms with Crippen molar-refractivity contribution in [2.24, 2.45) is 0 Å². The summed E-state index contributed by atoms with van der Waals surface area (Å²) in [4.78, 5) is 12.2. The molecule has 2 aromatic rings. The van der Waals surface area contributed by atoms with Crippen molar-refractivity contribution in [3.8, 4) is 5.75 Å². The molecule has 0 saturated heterocycles. The number of nitrogens with zero attached hydrogens (tertiary/aromatic N) is 1. The average Bonchev–Trinajstić information content (AvgIpc) is 2.63. The zero-order chi connectivity index (χ0) is 19.9. The topological polar surface area (TPSA) is 84.9 Å². The van der Waals surface area contributed by atoms with Gasteiger partial charge in [-0.1, -0.05) is 11.6 Å². The maximum absolute atomic E-state index is 12.5. The van der Waals surface area contributed by atoms with E-state index >= 15 is 0 Å². The van der Waals surface area contributed by atoms with Crippen LogP contribution in [0.1, 0.15) is 0 Å². The molecule has 0 aliphatic rings. The van der Waals surface area contributed by atoms with E-state index in [0.29, 0.717) is 29.7 Å². The van der Waals surface area contributed by atoms with Gasteiger partial charge in [-0.2, -0.15) is 4.31 Å². The van der Waals surface area contributed by atoms with Crippen molar-refractivity contribution in [2.75, 3.05) is 39.2 Å². The number of nitrogens with one attached hydrogen (secondary N) is 1. The smallest absolute Gasteiger partial charge is 0.243 e. The van der Waals surface area contributed by atoms with Crippen LogP contribution in [0.15, 0.2) is 53.4 Å². The number of methoxy groups -OCH3 is 1. The third kappa shape index (κ3) is 6.21. The molecule has 9 heteroatoms. The minimum Gasteiger partial charge on any atom is -0.491 e. The van der Waals surface area contributed by atoms with Crippen LogP contribution in [-0.2, 0) is 19.6 Å². The summed E-state index contributed by atoms with van der Waals surface area (Å²) < 4.78 is 36.3. The lowest BCUT2D eigenvalue weighted by Crippen LogP contribution is -2.34. The fourth-order valence-corrected chi connectivity index (χ4v) is 3.40. The molecule has 0 aliphatic heterocycles. The number of ether oxygens (including phenoxy) is 2. The Morgan fingerprint density at radius 1 is 1.07 bits per heavy atom. The molecular weight excluding hydrogens is 392 g/mol. The number of sulfonamides is 1. The lowest BCUT2D eigenvalue weighted by molar-refractivity contribution is -0.116. The molecular formula is C18H21ClN2O5S. The number of benzene rings is 2. The summed E-state index contributed by atoms with van der Waals surface area (Å²) in [6.07, 6.45) is 0. The largest absolute Gasteiger partial charge is 0.491 e. The van der Waals surface area contributed by atoms with Crippen LogP contribution in [0, 0.1) is 0 Å². The molecule has 0 radical (unpaired) electrons. The summed E-state index contributed by atoms with van der Waals surface area (Å²) >= 11 is 5.77. The average molecular weight is 413 g/mol. The van der Waals surface area contributed by atoms with Crippen LogP contribution in [0.4, 0.5) is 5.69 Å². The Morgan fingerprint density at radius 3 is 2.30 bits per heavy atom. The molecule has 1 amide bonds. The van der Waals surface area contributed by atoms with Crippen LogP contribution in [0.5, 0.6) is 5.75 Å². The molecule has 0 atom stereocenters. The predicted octanol–water partition coefficient (Wildman–Crippen LogP) is 2.62. The molecule has 0 fully saturated rings. The second kappa shape index (κ2) is 9.70. The summed E-state index contributed by atoms with van der Waals surface area (Å²) in [5.41, 5.74) is 0.538. The van der Waals surface area contributed by atoms with Gasteiger partial charge in [0.1, 0.15) is 12.4 Å². The minimum absolute atomic E-state index is 0.0692. The molecule has 0 saturated carbocycles. The van der Waals surface area contributed by atoms with E-state index < -0.39 is 15.9 Å². The van der Waals surface area contributed by atoms with Crippen LogP contribution >= 0.6 is 11.6 Å². The second-order valence-corrected chi connectivity index (χ2v) is 8.11. The Labute approximate surface area is 163 Å². The van der Waals surface area contributed by atoms with E-state index in [1.807, 2.05) is 0 Å². The maximum Gasteiger partial charge on any atom is 0.243 e. The Morgan fingerprint density at radius 2 is 1.70 bits per heavy atom. The lowest BCUT2D eigenvalue weighted by Gasteiger charge is -2.17. The monoisotopic (exact) mass is 412 g/mol. The Kier molecular flexibility index (Phi) is 7.61. The second-order valence-electron chi connectivity index (χ2n) is 5.63. The molecule has 0 heterocycles. The molecule has 7 nitrogen and oxygen atoms in total. The predicted molar refractivity (Wildman–Crippen MR) is 104 cm³/mol. The highest BCUT2D eigenvalue weighted by Gasteiger charge is 2.22. The third-order valence-corrected chi connectivity index (χ3v) is 5.65. The van der Waals surface area contributed by atoms with Crippen molar-refractivity contribution >= 4 is 33.2 Å². The van der Waals surface area contributed by atoms with Crippen molar-refractivity contribution < 1.29 is 22.7 Å². The molecule has 27 heavy (non-hydrogen) atoms. The van der Waals surface area contributed by atoms with Crippen LogP contribution in [0.2, 0.25) is 5.02 Å². The molecule has 1 N–H and O–H groups in total. The minimum atomic E-state index is -3.78. The summed E-state index contributed by atoms with van der Waals surface area (Å²) in [5.74, 6) is 0.190. The van der Waals surface area contributed by atoms with Gasteiger partial charge in [0.15, 0.2) is 0 Å². The quantitative estimate of drug-likeness (QED) is 0.640. The molecule has 0 spiro atoms. The van der Waals surface area contributed by atoms with E-state index in [0.717, 1.165) is 4.31 Å². The number of anilines is 1. The number of halogens is 1. The van der Waals surface area contributed by atoms with E-state index in [-0.39, 0.29) is 11.4 Å². The Hall–Kier alpha value is -2.13. The molecule has 0 unspecified atom stereocenters. The van der Waals surface area contributed by atoms with Crippen molar-refractivity contribution in [2.45, 2.75) is 4.90 Å². The van der Waals surface area contributed by atoms with Gasteiger partial charge < -0.3 is 14.8 Å². The molecule has 2 aromatic carbocycles.